The highest BCUT2D eigenvalue weighted by atomic mass is 32.2. The fourth-order valence-electron chi connectivity index (χ4n) is 1.20. The van der Waals surface area contributed by atoms with Crippen LogP contribution >= 0.6 is 0 Å². The average Bonchev–Trinajstić information content (AvgIpc) is 2.31. The molecule has 9 heteroatoms. The van der Waals surface area contributed by atoms with Crippen molar-refractivity contribution in [3.8, 4) is 0 Å². The Morgan fingerprint density at radius 3 is 2.25 bits per heavy atom. The lowest BCUT2D eigenvalue weighted by atomic mass is 10.2. The predicted octanol–water partition coefficient (Wildman–Crippen LogP) is -0.612. The molecule has 0 aliphatic heterocycles. The van der Waals surface area contributed by atoms with Crippen molar-refractivity contribution in [3.05, 3.63) is 0 Å². The van der Waals surface area contributed by atoms with Crippen LogP contribution in [0.3, 0.4) is 0 Å². The number of nitrogens with one attached hydrogen (secondary N) is 2. The number of carbonyl (C=O) groups is 2. The molecule has 1 atom stereocenters. The monoisotopic (exact) mass is 309 g/mol. The van der Waals surface area contributed by atoms with E-state index >= 15 is 0 Å². The Morgan fingerprint density at radius 1 is 1.25 bits per heavy atom. The largest absolute Gasteiger partial charge is 0.481 e. The molecule has 3 N–H and O–H groups in total. The lowest BCUT2D eigenvalue weighted by Gasteiger charge is -2.20. The maximum atomic E-state index is 11.8. The van der Waals surface area contributed by atoms with Gasteiger partial charge in [-0.3, -0.25) is 9.59 Å². The van der Waals surface area contributed by atoms with Crippen molar-refractivity contribution in [3.63, 3.8) is 0 Å². The van der Waals surface area contributed by atoms with E-state index in [9.17, 15) is 18.0 Å². The molecule has 0 saturated carbocycles. The van der Waals surface area contributed by atoms with Crippen molar-refractivity contribution >= 4 is 22.1 Å². The van der Waals surface area contributed by atoms with Gasteiger partial charge in [-0.1, -0.05) is 13.8 Å². The molecular formula is C11H23N3O5S. The first kappa shape index (κ1) is 18.8. The molecule has 0 radical (unpaired) electrons. The van der Waals surface area contributed by atoms with Gasteiger partial charge in [0, 0.05) is 20.1 Å². The van der Waals surface area contributed by atoms with Gasteiger partial charge in [-0.05, 0) is 12.8 Å². The highest BCUT2D eigenvalue weighted by molar-refractivity contribution is 7.87. The van der Waals surface area contributed by atoms with E-state index in [0.717, 1.165) is 4.31 Å². The zero-order valence-electron chi connectivity index (χ0n) is 12.2. The molecule has 0 spiro atoms. The van der Waals surface area contributed by atoms with Crippen molar-refractivity contribution in [2.24, 2.45) is 5.92 Å². The molecule has 0 bridgehead atoms. The van der Waals surface area contributed by atoms with Gasteiger partial charge in [0.2, 0.25) is 5.91 Å². The third-order valence-electron chi connectivity index (χ3n) is 2.45. The minimum absolute atomic E-state index is 0.162. The van der Waals surface area contributed by atoms with Crippen LogP contribution in [-0.2, 0) is 19.8 Å². The second-order valence-electron chi connectivity index (χ2n) is 4.95. The fourth-order valence-corrected chi connectivity index (χ4v) is 2.26. The van der Waals surface area contributed by atoms with E-state index in [-0.39, 0.29) is 18.9 Å². The molecule has 0 rings (SSSR count). The first-order chi connectivity index (χ1) is 9.06. The van der Waals surface area contributed by atoms with Crippen LogP contribution in [0.5, 0.6) is 0 Å². The van der Waals surface area contributed by atoms with Crippen LogP contribution in [0.1, 0.15) is 27.2 Å². The number of hydrogen-bond donors (Lipinski definition) is 3. The van der Waals surface area contributed by atoms with E-state index < -0.39 is 28.1 Å². The third-order valence-corrected chi connectivity index (χ3v) is 4.11. The van der Waals surface area contributed by atoms with Gasteiger partial charge in [0.15, 0.2) is 0 Å². The summed E-state index contributed by atoms with van der Waals surface area (Å²) in [6.45, 7) is 5.58. The fraction of sp³-hybridized carbons (Fsp3) is 0.818. The molecular weight excluding hydrogens is 286 g/mol. The summed E-state index contributed by atoms with van der Waals surface area (Å²) in [5, 5.41) is 11.1. The molecule has 118 valence electrons. The van der Waals surface area contributed by atoms with Gasteiger partial charge in [-0.25, -0.2) is 0 Å². The minimum Gasteiger partial charge on any atom is -0.481 e. The van der Waals surface area contributed by atoms with Crippen molar-refractivity contribution < 1.29 is 23.1 Å². The van der Waals surface area contributed by atoms with E-state index in [1.54, 1.807) is 0 Å². The number of hydrogen-bond acceptors (Lipinski definition) is 4. The molecule has 0 aliphatic carbocycles. The van der Waals surface area contributed by atoms with Crippen molar-refractivity contribution in [1.29, 1.82) is 0 Å². The Labute approximate surface area is 119 Å². The number of rotatable bonds is 9. The average molecular weight is 309 g/mol. The number of nitrogens with zero attached hydrogens (tertiary/aromatic N) is 1. The van der Waals surface area contributed by atoms with Crippen molar-refractivity contribution in [2.45, 2.75) is 33.2 Å². The lowest BCUT2D eigenvalue weighted by molar-refractivity contribution is -0.137. The van der Waals surface area contributed by atoms with Gasteiger partial charge >= 0.3 is 5.97 Å². The van der Waals surface area contributed by atoms with Gasteiger partial charge in [-0.15, -0.1) is 0 Å². The summed E-state index contributed by atoms with van der Waals surface area (Å²) in [7, 11) is -2.63. The van der Waals surface area contributed by atoms with Crippen LogP contribution in [0, 0.1) is 5.92 Å². The number of carboxylic acids is 1. The third kappa shape index (κ3) is 7.41. The van der Waals surface area contributed by atoms with Gasteiger partial charge in [-0.2, -0.15) is 17.4 Å². The molecule has 0 aromatic heterocycles. The molecule has 1 amide bonds. The van der Waals surface area contributed by atoms with E-state index in [0.29, 0.717) is 6.54 Å². The summed E-state index contributed by atoms with van der Waals surface area (Å²) >= 11 is 0. The van der Waals surface area contributed by atoms with Crippen LogP contribution in [0.25, 0.3) is 0 Å². The van der Waals surface area contributed by atoms with E-state index in [1.165, 1.54) is 14.0 Å². The summed E-state index contributed by atoms with van der Waals surface area (Å²) in [5.41, 5.74) is 0. The quantitative estimate of drug-likeness (QED) is 0.525. The maximum Gasteiger partial charge on any atom is 0.304 e. The van der Waals surface area contributed by atoms with Crippen LogP contribution in [0.15, 0.2) is 0 Å². The smallest absolute Gasteiger partial charge is 0.304 e. The SMILES string of the molecule is CC(C)CNC(=O)C(C)NS(=O)(=O)N(C)CCC(=O)O. The molecule has 0 aromatic rings. The van der Waals surface area contributed by atoms with E-state index in [4.69, 9.17) is 5.11 Å². The topological polar surface area (TPSA) is 116 Å². The van der Waals surface area contributed by atoms with Crippen molar-refractivity contribution in [2.75, 3.05) is 20.1 Å². The van der Waals surface area contributed by atoms with Gasteiger partial charge in [0.1, 0.15) is 0 Å². The predicted molar refractivity (Wildman–Crippen MR) is 74.2 cm³/mol. The molecule has 20 heavy (non-hydrogen) atoms. The Hall–Kier alpha value is -1.19. The Bertz CT molecular complexity index is 435. The number of carbonyl (C=O) groups excluding carboxylic acids is 1. The molecule has 0 heterocycles. The summed E-state index contributed by atoms with van der Waals surface area (Å²) in [5.74, 6) is -1.25. The van der Waals surface area contributed by atoms with Crippen LogP contribution in [0.2, 0.25) is 0 Å². The lowest BCUT2D eigenvalue weighted by Crippen LogP contribution is -2.49. The highest BCUT2D eigenvalue weighted by Crippen LogP contribution is 1.98. The summed E-state index contributed by atoms with van der Waals surface area (Å²) in [4.78, 5) is 22.1. The molecule has 8 nitrogen and oxygen atoms in total. The number of carboxylic acid groups (broad SMARTS) is 1. The highest BCUT2D eigenvalue weighted by Gasteiger charge is 2.24. The Kier molecular flexibility index (Phi) is 7.69. The maximum absolute atomic E-state index is 11.8. The molecule has 0 aromatic carbocycles. The molecule has 1 unspecified atom stereocenters. The second-order valence-corrected chi connectivity index (χ2v) is 6.76. The second kappa shape index (κ2) is 8.18. The standard InChI is InChI=1S/C11H23N3O5S/c1-8(2)7-12-11(17)9(3)13-20(18,19)14(4)6-5-10(15)16/h8-9,13H,5-7H2,1-4H3,(H,12,17)(H,15,16). The normalized spacial score (nSPS) is 13.5. The Morgan fingerprint density at radius 2 is 1.80 bits per heavy atom. The van der Waals surface area contributed by atoms with Gasteiger partial charge in [0.05, 0.1) is 12.5 Å². The van der Waals surface area contributed by atoms with Crippen molar-refractivity contribution in [1.82, 2.24) is 14.3 Å². The van der Waals surface area contributed by atoms with E-state index in [1.807, 2.05) is 13.8 Å². The van der Waals surface area contributed by atoms with E-state index in [2.05, 4.69) is 10.0 Å². The molecule has 0 saturated heterocycles. The summed E-state index contributed by atoms with van der Waals surface area (Å²) in [6, 6.07) is -0.925. The minimum atomic E-state index is -3.88. The zero-order chi connectivity index (χ0) is 15.9. The Balaban J connectivity index is 4.43. The van der Waals surface area contributed by atoms with Gasteiger partial charge in [0.25, 0.3) is 10.2 Å². The number of aliphatic carboxylic acids is 1. The molecule has 0 fully saturated rings. The number of amides is 1. The summed E-state index contributed by atoms with van der Waals surface area (Å²) < 4.78 is 26.7. The van der Waals surface area contributed by atoms with Gasteiger partial charge < -0.3 is 10.4 Å². The zero-order valence-corrected chi connectivity index (χ0v) is 13.0. The van der Waals surface area contributed by atoms with Crippen LogP contribution in [-0.4, -0.2) is 55.9 Å². The summed E-state index contributed by atoms with van der Waals surface area (Å²) in [6.07, 6.45) is -0.300. The first-order valence-corrected chi connectivity index (χ1v) is 7.73. The van der Waals surface area contributed by atoms with Crippen LogP contribution in [0.4, 0.5) is 0 Å². The first-order valence-electron chi connectivity index (χ1n) is 6.29. The van der Waals surface area contributed by atoms with Crippen LogP contribution < -0.4 is 10.0 Å². The molecule has 0 aliphatic rings.